The maximum absolute atomic E-state index is 12.4. The van der Waals surface area contributed by atoms with E-state index in [0.29, 0.717) is 24.2 Å². The zero-order valence-corrected chi connectivity index (χ0v) is 13.3. The Bertz CT molecular complexity index is 689. The fraction of sp³-hybridized carbons (Fsp3) is 0.118. The Morgan fingerprint density at radius 1 is 0.773 bits per heavy atom. The van der Waals surface area contributed by atoms with Crippen LogP contribution in [0.4, 0.5) is 0 Å². The molecule has 2 aromatic rings. The van der Waals surface area contributed by atoms with Crippen LogP contribution in [0, 0.1) is 0 Å². The van der Waals surface area contributed by atoms with Gasteiger partial charge in [0.2, 0.25) is 0 Å². The number of carbonyl (C=O) groups is 1. The predicted molar refractivity (Wildman–Crippen MR) is 93.8 cm³/mol. The molecule has 2 aromatic carbocycles. The highest BCUT2D eigenvalue weighted by Gasteiger charge is 2.08. The molecule has 0 aliphatic carbocycles. The molecule has 0 aliphatic rings. The van der Waals surface area contributed by atoms with E-state index >= 15 is 0 Å². The number of hydrogen-bond donors (Lipinski definition) is 0. The van der Waals surface area contributed by atoms with E-state index in [1.54, 1.807) is 24.3 Å². The van der Waals surface area contributed by atoms with Crippen molar-refractivity contribution in [2.45, 2.75) is 13.1 Å². The molecule has 0 N–H and O–H groups in total. The molecule has 0 spiro atoms. The molecule has 0 amide bonds. The second-order valence-electron chi connectivity index (χ2n) is 4.54. The summed E-state index contributed by atoms with van der Waals surface area (Å²) in [6.45, 7) is 0.958. The normalized spacial score (nSPS) is 9.45. The van der Waals surface area contributed by atoms with Crippen LogP contribution >= 0.6 is 24.4 Å². The molecule has 0 atom stereocenters. The van der Waals surface area contributed by atoms with Gasteiger partial charge in [0.1, 0.15) is 0 Å². The molecule has 0 unspecified atom stereocenters. The van der Waals surface area contributed by atoms with Crippen LogP contribution in [0.5, 0.6) is 0 Å². The van der Waals surface area contributed by atoms with Crippen molar-refractivity contribution in [1.29, 1.82) is 0 Å². The first kappa shape index (κ1) is 16.1. The Hall–Kier alpha value is -2.29. The van der Waals surface area contributed by atoms with Crippen LogP contribution < -0.4 is 0 Å². The number of carbonyl (C=O) groups excluding carboxylic acids is 1. The molecule has 108 valence electrons. The lowest BCUT2D eigenvalue weighted by molar-refractivity contribution is 0.103. The average Bonchev–Trinajstić information content (AvgIpc) is 2.58. The second-order valence-corrected chi connectivity index (χ2v) is 4.90. The minimum absolute atomic E-state index is 0.0187. The van der Waals surface area contributed by atoms with Crippen molar-refractivity contribution in [2.24, 2.45) is 9.98 Å². The van der Waals surface area contributed by atoms with Gasteiger partial charge in [-0.3, -0.25) is 4.79 Å². The topological polar surface area (TPSA) is 41.8 Å². The summed E-state index contributed by atoms with van der Waals surface area (Å²) in [5, 5.41) is 4.64. The van der Waals surface area contributed by atoms with Gasteiger partial charge in [0.15, 0.2) is 5.78 Å². The summed E-state index contributed by atoms with van der Waals surface area (Å²) in [5.41, 5.74) is 3.25. The summed E-state index contributed by atoms with van der Waals surface area (Å²) in [4.78, 5) is 20.1. The van der Waals surface area contributed by atoms with Gasteiger partial charge in [-0.05, 0) is 35.6 Å². The Balaban J connectivity index is 2.13. The first-order valence-electron chi connectivity index (χ1n) is 6.54. The zero-order chi connectivity index (χ0) is 15.8. The van der Waals surface area contributed by atoms with E-state index in [0.717, 1.165) is 11.1 Å². The summed E-state index contributed by atoms with van der Waals surface area (Å²) < 4.78 is 0. The summed E-state index contributed by atoms with van der Waals surface area (Å²) in [7, 11) is 0. The quantitative estimate of drug-likeness (QED) is 0.456. The molecule has 22 heavy (non-hydrogen) atoms. The minimum Gasteiger partial charge on any atom is -0.289 e. The lowest BCUT2D eigenvalue weighted by Crippen LogP contribution is -2.01. The SMILES string of the molecule is O=C(c1ccc(CN=C=S)cc1)c1ccc(CN=C=S)cc1. The Kier molecular flexibility index (Phi) is 6.01. The van der Waals surface area contributed by atoms with Crippen molar-refractivity contribution in [3.05, 3.63) is 70.8 Å². The smallest absolute Gasteiger partial charge is 0.193 e. The van der Waals surface area contributed by atoms with Gasteiger partial charge < -0.3 is 0 Å². The third-order valence-corrected chi connectivity index (χ3v) is 3.34. The summed E-state index contributed by atoms with van der Waals surface area (Å²) >= 11 is 9.06. The molecule has 2 rings (SSSR count). The molecule has 0 bridgehead atoms. The van der Waals surface area contributed by atoms with E-state index < -0.39 is 0 Å². The van der Waals surface area contributed by atoms with Gasteiger partial charge in [0, 0.05) is 11.1 Å². The molecule has 0 radical (unpaired) electrons. The molecule has 0 aromatic heterocycles. The van der Waals surface area contributed by atoms with E-state index in [-0.39, 0.29) is 5.78 Å². The lowest BCUT2D eigenvalue weighted by atomic mass is 10.0. The highest BCUT2D eigenvalue weighted by atomic mass is 32.1. The van der Waals surface area contributed by atoms with Crippen molar-refractivity contribution in [3.8, 4) is 0 Å². The number of thiocarbonyl (C=S) groups is 2. The van der Waals surface area contributed by atoms with Gasteiger partial charge in [-0.1, -0.05) is 48.5 Å². The minimum atomic E-state index is -0.0187. The molecular formula is C17H12N2OS2. The van der Waals surface area contributed by atoms with Crippen LogP contribution in [0.2, 0.25) is 0 Å². The monoisotopic (exact) mass is 324 g/mol. The van der Waals surface area contributed by atoms with Crippen LogP contribution in [-0.4, -0.2) is 16.1 Å². The van der Waals surface area contributed by atoms with Crippen LogP contribution in [0.25, 0.3) is 0 Å². The first-order chi connectivity index (χ1) is 10.7. The Labute approximate surface area is 139 Å². The van der Waals surface area contributed by atoms with Gasteiger partial charge in [0.25, 0.3) is 0 Å². The average molecular weight is 324 g/mol. The van der Waals surface area contributed by atoms with Crippen LogP contribution in [0.3, 0.4) is 0 Å². The van der Waals surface area contributed by atoms with Gasteiger partial charge in [-0.25, -0.2) is 9.98 Å². The summed E-state index contributed by atoms with van der Waals surface area (Å²) in [6, 6.07) is 14.6. The van der Waals surface area contributed by atoms with E-state index in [4.69, 9.17) is 0 Å². The zero-order valence-electron chi connectivity index (χ0n) is 11.7. The fourth-order valence-electron chi connectivity index (χ4n) is 1.94. The molecule has 0 fully saturated rings. The largest absolute Gasteiger partial charge is 0.289 e. The standard InChI is InChI=1S/C17H12N2OS2/c20-17(15-5-1-13(2-6-15)9-18-11-21)16-7-3-14(4-8-16)10-19-12-22/h1-8H,9-10H2. The van der Waals surface area contributed by atoms with Crippen LogP contribution in [0.15, 0.2) is 58.5 Å². The van der Waals surface area contributed by atoms with E-state index in [2.05, 4.69) is 44.7 Å². The third-order valence-electron chi connectivity index (χ3n) is 3.08. The van der Waals surface area contributed by atoms with Crippen LogP contribution in [-0.2, 0) is 13.1 Å². The highest BCUT2D eigenvalue weighted by Crippen LogP contribution is 2.13. The summed E-state index contributed by atoms with van der Waals surface area (Å²) in [5.74, 6) is -0.0187. The van der Waals surface area contributed by atoms with Crippen LogP contribution in [0.1, 0.15) is 27.0 Å². The van der Waals surface area contributed by atoms with Crippen molar-refractivity contribution in [3.63, 3.8) is 0 Å². The molecule has 0 aliphatic heterocycles. The molecular weight excluding hydrogens is 312 g/mol. The number of aliphatic imine (C=N–C) groups is 2. The maximum Gasteiger partial charge on any atom is 0.193 e. The van der Waals surface area contributed by atoms with Gasteiger partial charge in [-0.2, -0.15) is 0 Å². The number of nitrogens with zero attached hydrogens (tertiary/aromatic N) is 2. The predicted octanol–water partition coefficient (Wildman–Crippen LogP) is 4.12. The highest BCUT2D eigenvalue weighted by molar-refractivity contribution is 7.78. The number of benzene rings is 2. The second kappa shape index (κ2) is 8.23. The molecule has 0 saturated heterocycles. The van der Waals surface area contributed by atoms with Crippen molar-refractivity contribution in [1.82, 2.24) is 0 Å². The third kappa shape index (κ3) is 4.35. The van der Waals surface area contributed by atoms with Crippen molar-refractivity contribution < 1.29 is 4.79 Å². The van der Waals surface area contributed by atoms with E-state index in [1.165, 1.54) is 0 Å². The molecule has 5 heteroatoms. The number of hydrogen-bond acceptors (Lipinski definition) is 5. The lowest BCUT2D eigenvalue weighted by Gasteiger charge is -2.03. The fourth-order valence-corrected chi connectivity index (χ4v) is 2.07. The maximum atomic E-state index is 12.4. The van der Waals surface area contributed by atoms with Gasteiger partial charge in [0.05, 0.1) is 23.4 Å². The van der Waals surface area contributed by atoms with E-state index in [1.807, 2.05) is 24.3 Å². The molecule has 3 nitrogen and oxygen atoms in total. The number of ketones is 1. The Morgan fingerprint density at radius 3 is 1.45 bits per heavy atom. The van der Waals surface area contributed by atoms with Gasteiger partial charge in [-0.15, -0.1) is 0 Å². The molecule has 0 heterocycles. The summed E-state index contributed by atoms with van der Waals surface area (Å²) in [6.07, 6.45) is 0. The number of isothiocyanates is 2. The number of rotatable bonds is 6. The Morgan fingerprint density at radius 2 is 1.14 bits per heavy atom. The van der Waals surface area contributed by atoms with Gasteiger partial charge >= 0.3 is 0 Å². The van der Waals surface area contributed by atoms with Crippen molar-refractivity contribution >= 4 is 40.5 Å². The molecule has 0 saturated carbocycles. The first-order valence-corrected chi connectivity index (χ1v) is 7.36. The van der Waals surface area contributed by atoms with Crippen molar-refractivity contribution in [2.75, 3.05) is 0 Å². The van der Waals surface area contributed by atoms with E-state index in [9.17, 15) is 4.79 Å².